The van der Waals surface area contributed by atoms with E-state index >= 15 is 0 Å². The maximum atomic E-state index is 11.8. The Morgan fingerprint density at radius 2 is 0.471 bits per heavy atom. The monoisotopic (exact) mass is 514 g/mol. The van der Waals surface area contributed by atoms with Crippen molar-refractivity contribution >= 4 is 0 Å². The van der Waals surface area contributed by atoms with Gasteiger partial charge in [0.1, 0.15) is 0 Å². The fraction of sp³-hybridized carbons (Fsp3) is 1.00. The van der Waals surface area contributed by atoms with E-state index in [1.807, 2.05) is 0 Å². The molecule has 0 fully saturated rings. The van der Waals surface area contributed by atoms with Crippen molar-refractivity contribution in [3.63, 3.8) is 0 Å². The van der Waals surface area contributed by atoms with Crippen molar-refractivity contribution in [3.05, 3.63) is 0 Å². The van der Waals surface area contributed by atoms with E-state index in [1.54, 1.807) is 0 Å². The van der Waals surface area contributed by atoms with Crippen LogP contribution < -0.4 is 0 Å². The molecule has 0 spiro atoms. The van der Waals surface area contributed by atoms with E-state index in [1.165, 1.54) is 0 Å². The van der Waals surface area contributed by atoms with Crippen LogP contribution in [0, 0.1) is 24.4 Å². The Balaban J connectivity index is 6.37. The van der Waals surface area contributed by atoms with Crippen LogP contribution in [-0.4, -0.2) is 12.8 Å². The Morgan fingerprint density at radius 3 is 0.471 bits per heavy atom. The third-order valence-corrected chi connectivity index (χ3v) is 15.9. The van der Waals surface area contributed by atoms with Gasteiger partial charge in [-0.05, 0) is 0 Å². The molecule has 0 amide bonds. The van der Waals surface area contributed by atoms with Crippen molar-refractivity contribution in [2.45, 2.75) is 12.8 Å². The van der Waals surface area contributed by atoms with Crippen LogP contribution in [0.25, 0.3) is 0 Å². The predicted octanol–water partition coefficient (Wildman–Crippen LogP) is 4.22. The number of hydrogen-bond acceptors (Lipinski definition) is 0. The van der Waals surface area contributed by atoms with Gasteiger partial charge in [0.2, 0.25) is 0 Å². The summed E-state index contributed by atoms with van der Waals surface area (Å²) < 4.78 is 112. The van der Waals surface area contributed by atoms with Crippen LogP contribution in [0.5, 0.6) is 0 Å². The standard InChI is InChI=1S/4CF3.U/c4*2-1(3)4;. The summed E-state index contributed by atoms with van der Waals surface area (Å²) in [6, 6.07) is 0. The minimum absolute atomic E-state index is 7.38. The van der Waals surface area contributed by atoms with Gasteiger partial charge in [-0.2, -0.15) is 0 Å². The third kappa shape index (κ3) is 2.50. The van der Waals surface area contributed by atoms with Crippen LogP contribution in [0.2, 0.25) is 0 Å². The van der Waals surface area contributed by atoms with Gasteiger partial charge in [0.25, 0.3) is 0 Å². The van der Waals surface area contributed by atoms with Crippen molar-refractivity contribution in [1.29, 1.82) is 0 Å². The molecule has 0 unspecified atom stereocenters. The van der Waals surface area contributed by atoms with E-state index in [2.05, 4.69) is 0 Å². The zero-order valence-electron chi connectivity index (χ0n) is 7.04. The molecule has 104 valence electrons. The number of alkyl halides is 12. The summed E-state index contributed by atoms with van der Waals surface area (Å²) in [7, 11) is 0. The molecular formula is C4F12U. The van der Waals surface area contributed by atoms with Gasteiger partial charge in [0.05, 0.1) is 0 Å². The summed E-state index contributed by atoms with van der Waals surface area (Å²) in [6.07, 6.45) is 0. The summed E-state index contributed by atoms with van der Waals surface area (Å²) in [5.74, 6) is 0. The Hall–Kier alpha value is 0.212. The summed E-state index contributed by atoms with van der Waals surface area (Å²) in [4.78, 5) is 0. The molecule has 0 rings (SSSR count). The number of halogens is 12. The van der Waals surface area contributed by atoms with Crippen LogP contribution >= 0.6 is 0 Å². The zero-order chi connectivity index (χ0) is 14.5. The Labute approximate surface area is 90.1 Å². The molecule has 0 heterocycles. The van der Waals surface area contributed by atoms with Crippen molar-refractivity contribution < 1.29 is 77.0 Å². The third-order valence-electron chi connectivity index (χ3n) is 1.70. The summed E-state index contributed by atoms with van der Waals surface area (Å²) >= 11 is -10.8. The van der Waals surface area contributed by atoms with Gasteiger partial charge in [-0.3, -0.25) is 0 Å². The van der Waals surface area contributed by atoms with Gasteiger partial charge < -0.3 is 0 Å². The molecule has 0 aromatic carbocycles. The Kier molecular flexibility index (Phi) is 4.16. The van der Waals surface area contributed by atoms with Crippen molar-refractivity contribution in [2.75, 3.05) is 0 Å². The zero-order valence-corrected chi connectivity index (χ0v) is 11.2. The van der Waals surface area contributed by atoms with Crippen LogP contribution in [-0.2, 0) is 0 Å². The second-order valence-electron chi connectivity index (χ2n) is 2.74. The van der Waals surface area contributed by atoms with Crippen molar-refractivity contribution in [1.82, 2.24) is 0 Å². The fourth-order valence-corrected chi connectivity index (χ4v) is 8.99. The molecule has 0 aliphatic rings. The molecule has 0 saturated heterocycles. The van der Waals surface area contributed by atoms with Crippen LogP contribution in [0.3, 0.4) is 0 Å². The number of hydrogen-bond donors (Lipinski definition) is 0. The second kappa shape index (κ2) is 4.11. The average molecular weight is 514 g/mol. The normalized spacial score (nSPS) is 16.2. The van der Waals surface area contributed by atoms with Gasteiger partial charge in [0, 0.05) is 0 Å². The Morgan fingerprint density at radius 1 is 0.353 bits per heavy atom. The molecule has 17 heavy (non-hydrogen) atoms. The quantitative estimate of drug-likeness (QED) is 0.425. The predicted molar refractivity (Wildman–Crippen MR) is 24.2 cm³/mol. The average Bonchev–Trinajstić information content (AvgIpc) is 1.67. The minimum atomic E-state index is -10.8. The van der Waals surface area contributed by atoms with E-state index in [-0.39, 0.29) is 0 Å². The van der Waals surface area contributed by atoms with Gasteiger partial charge >= 0.3 is 89.9 Å². The maximum absolute atomic E-state index is 11.8. The molecule has 0 nitrogen and oxygen atoms in total. The molecule has 13 heteroatoms. The van der Waals surface area contributed by atoms with E-state index in [0.29, 0.717) is 0 Å². The van der Waals surface area contributed by atoms with Crippen LogP contribution in [0.15, 0.2) is 0 Å². The van der Waals surface area contributed by atoms with Crippen LogP contribution in [0.1, 0.15) is 0 Å². The molecule has 0 aromatic rings. The summed E-state index contributed by atoms with van der Waals surface area (Å²) in [5.41, 5.74) is 0. The molecule has 0 aromatic heterocycles. The van der Waals surface area contributed by atoms with Gasteiger partial charge in [0.15, 0.2) is 0 Å². The summed E-state index contributed by atoms with van der Waals surface area (Å²) in [5, 5.41) is 0. The van der Waals surface area contributed by atoms with E-state index in [9.17, 15) is 52.7 Å². The molecule has 0 aliphatic carbocycles. The molecule has 0 atom stereocenters. The Bertz CT molecular complexity index is 211. The first-order chi connectivity index (χ1) is 7.00. The topological polar surface area (TPSA) is 0 Å². The van der Waals surface area contributed by atoms with Crippen molar-refractivity contribution in [3.8, 4) is 0 Å². The van der Waals surface area contributed by atoms with Gasteiger partial charge in [-0.1, -0.05) is 0 Å². The fourth-order valence-electron chi connectivity index (χ4n) is 0.964. The van der Waals surface area contributed by atoms with Gasteiger partial charge in [-0.15, -0.1) is 0 Å². The van der Waals surface area contributed by atoms with E-state index in [0.717, 1.165) is 0 Å². The first-order valence-corrected chi connectivity index (χ1v) is 11.6. The van der Waals surface area contributed by atoms with Gasteiger partial charge in [-0.25, -0.2) is 0 Å². The molecule has 0 saturated carbocycles. The van der Waals surface area contributed by atoms with E-state index < -0.39 is 37.2 Å². The second-order valence-corrected chi connectivity index (χ2v) is 18.4. The molecule has 0 bridgehead atoms. The molecule has 0 N–H and O–H groups in total. The molecule has 0 aliphatic heterocycles. The number of rotatable bonds is 0. The SMILES string of the molecule is F[C](F)(F)[U]([C](F)(F)F)([C](F)(F)F)[C](F)(F)F. The van der Waals surface area contributed by atoms with E-state index in [4.69, 9.17) is 0 Å². The van der Waals surface area contributed by atoms with Crippen LogP contribution in [0.4, 0.5) is 52.7 Å². The van der Waals surface area contributed by atoms with Crippen molar-refractivity contribution in [2.24, 2.45) is 0 Å². The molecular weight excluding hydrogens is 514 g/mol. The molecule has 0 radical (unpaired) electrons. The first-order valence-electron chi connectivity index (χ1n) is 3.27. The first kappa shape index (κ1) is 17.2. The summed E-state index contributed by atoms with van der Waals surface area (Å²) in [6.45, 7) is 0.